The van der Waals surface area contributed by atoms with Gasteiger partial charge in [-0.2, -0.15) is 0 Å². The van der Waals surface area contributed by atoms with Crippen molar-refractivity contribution in [3.8, 4) is 24.7 Å². The van der Waals surface area contributed by atoms with E-state index >= 15 is 0 Å². The van der Waals surface area contributed by atoms with Crippen LogP contribution < -0.4 is 0 Å². The van der Waals surface area contributed by atoms with Crippen LogP contribution in [-0.2, 0) is 20.3 Å². The van der Waals surface area contributed by atoms with E-state index in [0.717, 1.165) is 81.7 Å². The molecule has 0 saturated heterocycles. The van der Waals surface area contributed by atoms with Gasteiger partial charge in [-0.1, -0.05) is 36.4 Å². The summed E-state index contributed by atoms with van der Waals surface area (Å²) in [7, 11) is 0. The Hall–Kier alpha value is -5.20. The van der Waals surface area contributed by atoms with Gasteiger partial charge in [0.2, 0.25) is 0 Å². The van der Waals surface area contributed by atoms with Crippen LogP contribution in [0.15, 0.2) is 96.4 Å². The van der Waals surface area contributed by atoms with Crippen LogP contribution >= 0.6 is 0 Å². The predicted molar refractivity (Wildman–Crippen MR) is 178 cm³/mol. The van der Waals surface area contributed by atoms with Gasteiger partial charge in [-0.3, -0.25) is 0 Å². The zero-order valence-electron chi connectivity index (χ0n) is 26.2. The molecule has 240 valence electrons. The molecule has 4 aliphatic rings. The van der Waals surface area contributed by atoms with Crippen LogP contribution in [0.5, 0.6) is 0 Å². The molecule has 2 atom stereocenters. The smallest absolute Gasteiger partial charge is 0.123 e. The first kappa shape index (κ1) is 31.4. The highest BCUT2D eigenvalue weighted by molar-refractivity contribution is 5.83. The van der Waals surface area contributed by atoms with Crippen molar-refractivity contribution in [3.63, 3.8) is 0 Å². The summed E-state index contributed by atoms with van der Waals surface area (Å²) in [6, 6.07) is 22.3. The lowest BCUT2D eigenvalue weighted by Gasteiger charge is -2.33. The van der Waals surface area contributed by atoms with Crippen LogP contribution in [0.25, 0.3) is 11.1 Å². The normalized spacial score (nSPS) is 21.7. The van der Waals surface area contributed by atoms with E-state index in [1.54, 1.807) is 48.5 Å². The Balaban J connectivity index is 0.000000152. The summed E-state index contributed by atoms with van der Waals surface area (Å²) in [5, 5.41) is 0. The topological polar surface area (TPSA) is 18.5 Å². The molecule has 48 heavy (non-hydrogen) atoms. The van der Waals surface area contributed by atoms with Gasteiger partial charge in [0.15, 0.2) is 0 Å². The monoisotopic (exact) mass is 644 g/mol. The van der Waals surface area contributed by atoms with Crippen molar-refractivity contribution in [1.82, 2.24) is 0 Å². The van der Waals surface area contributed by atoms with Crippen molar-refractivity contribution in [2.45, 2.75) is 49.4 Å². The van der Waals surface area contributed by atoms with Crippen molar-refractivity contribution in [1.29, 1.82) is 0 Å². The Morgan fingerprint density at radius 1 is 0.542 bits per heavy atom. The van der Waals surface area contributed by atoms with Crippen LogP contribution in [0.1, 0.15) is 71.9 Å². The molecule has 2 nitrogen and oxygen atoms in total. The summed E-state index contributed by atoms with van der Waals surface area (Å²) in [6.45, 7) is 1.23. The Morgan fingerprint density at radius 2 is 0.917 bits per heavy atom. The van der Waals surface area contributed by atoms with Gasteiger partial charge in [0.25, 0.3) is 0 Å². The van der Waals surface area contributed by atoms with Gasteiger partial charge in [0.1, 0.15) is 34.8 Å². The van der Waals surface area contributed by atoms with Gasteiger partial charge in [-0.25, -0.2) is 17.6 Å². The highest BCUT2D eigenvalue weighted by Gasteiger charge is 2.50. The fourth-order valence-electron chi connectivity index (χ4n) is 7.95. The molecule has 6 heteroatoms. The minimum Gasteiger partial charge on any atom is -0.496 e. The molecule has 0 radical (unpaired) electrons. The number of halogens is 4. The van der Waals surface area contributed by atoms with Crippen molar-refractivity contribution < 1.29 is 27.0 Å². The Kier molecular flexibility index (Phi) is 8.14. The number of fused-ring (bicyclic) bond motifs is 4. The SMILES string of the molecule is C#CC[C@@]1(c2ccc(F)cc2)C2=C(CCCO2)c2cc(F)ccc21.C#CC[C@]1(c2ccc(F)cc2)C2=C(CCCO2)c2cc(F)ccc21. The highest BCUT2D eigenvalue weighted by atomic mass is 19.1. The molecule has 2 heterocycles. The fourth-order valence-corrected chi connectivity index (χ4v) is 7.95. The van der Waals surface area contributed by atoms with Crippen LogP contribution in [0.3, 0.4) is 0 Å². The van der Waals surface area contributed by atoms with Gasteiger partial charge in [0.05, 0.1) is 24.0 Å². The maximum Gasteiger partial charge on any atom is 0.123 e. The van der Waals surface area contributed by atoms with Gasteiger partial charge in [-0.15, -0.1) is 24.7 Å². The first-order valence-electron chi connectivity index (χ1n) is 16.1. The van der Waals surface area contributed by atoms with Crippen molar-refractivity contribution in [2.75, 3.05) is 13.2 Å². The van der Waals surface area contributed by atoms with E-state index in [4.69, 9.17) is 22.3 Å². The zero-order chi connectivity index (χ0) is 33.5. The molecule has 0 bridgehead atoms. The van der Waals surface area contributed by atoms with Crippen LogP contribution in [0, 0.1) is 48.0 Å². The second-order valence-electron chi connectivity index (χ2n) is 12.5. The van der Waals surface area contributed by atoms with Crippen LogP contribution in [-0.4, -0.2) is 13.2 Å². The van der Waals surface area contributed by atoms with E-state index in [9.17, 15) is 17.6 Å². The summed E-state index contributed by atoms with van der Waals surface area (Å²) in [5.41, 5.74) is 6.09. The second kappa shape index (κ2) is 12.4. The molecule has 8 rings (SSSR count). The number of terminal acetylenes is 2. The average molecular weight is 645 g/mol. The largest absolute Gasteiger partial charge is 0.496 e. The summed E-state index contributed by atoms with van der Waals surface area (Å²) in [6.07, 6.45) is 15.6. The lowest BCUT2D eigenvalue weighted by Crippen LogP contribution is -2.30. The second-order valence-corrected chi connectivity index (χ2v) is 12.5. The number of ether oxygens (including phenoxy) is 2. The maximum absolute atomic E-state index is 13.9. The molecule has 0 spiro atoms. The Labute approximate surface area is 278 Å². The first-order valence-corrected chi connectivity index (χ1v) is 16.1. The number of allylic oxidation sites excluding steroid dienone is 4. The number of hydrogen-bond donors (Lipinski definition) is 0. The van der Waals surface area contributed by atoms with Crippen LogP contribution in [0.4, 0.5) is 17.6 Å². The molecule has 4 aromatic rings. The van der Waals surface area contributed by atoms with E-state index in [-0.39, 0.29) is 23.3 Å². The first-order chi connectivity index (χ1) is 23.3. The van der Waals surface area contributed by atoms with Crippen LogP contribution in [0.2, 0.25) is 0 Å². The van der Waals surface area contributed by atoms with E-state index in [1.165, 1.54) is 36.4 Å². The third kappa shape index (κ3) is 4.90. The highest BCUT2D eigenvalue weighted by Crippen LogP contribution is 2.56. The number of rotatable bonds is 4. The lowest BCUT2D eigenvalue weighted by atomic mass is 9.72. The molecule has 0 N–H and O–H groups in total. The van der Waals surface area contributed by atoms with Gasteiger partial charge in [-0.05, 0) is 119 Å². The molecular weight excluding hydrogens is 612 g/mol. The molecular formula is C42H32F4O2. The lowest BCUT2D eigenvalue weighted by molar-refractivity contribution is 0.166. The maximum atomic E-state index is 13.9. The van der Waals surface area contributed by atoms with Gasteiger partial charge >= 0.3 is 0 Å². The minimum absolute atomic E-state index is 0.276. The molecule has 0 saturated carbocycles. The van der Waals surface area contributed by atoms with E-state index < -0.39 is 10.8 Å². The Bertz CT molecular complexity index is 1900. The third-order valence-corrected chi connectivity index (χ3v) is 9.90. The molecule has 0 aromatic heterocycles. The van der Waals surface area contributed by atoms with E-state index in [0.29, 0.717) is 26.1 Å². The zero-order valence-corrected chi connectivity index (χ0v) is 26.2. The quantitative estimate of drug-likeness (QED) is 0.163. The number of hydrogen-bond acceptors (Lipinski definition) is 2. The van der Waals surface area contributed by atoms with E-state index in [1.807, 2.05) is 0 Å². The van der Waals surface area contributed by atoms with Gasteiger partial charge < -0.3 is 9.47 Å². The van der Waals surface area contributed by atoms with E-state index in [2.05, 4.69) is 11.8 Å². The van der Waals surface area contributed by atoms with Crippen molar-refractivity contribution in [2.24, 2.45) is 0 Å². The summed E-state index contributed by atoms with van der Waals surface area (Å²) in [5.74, 6) is 5.96. The molecule has 4 aromatic carbocycles. The van der Waals surface area contributed by atoms with Crippen molar-refractivity contribution >= 4 is 11.1 Å². The third-order valence-electron chi connectivity index (χ3n) is 9.90. The van der Waals surface area contributed by atoms with Gasteiger partial charge in [0, 0.05) is 12.8 Å². The summed E-state index contributed by atoms with van der Waals surface area (Å²) < 4.78 is 66.7. The number of benzene rings is 4. The standard InChI is InChI=1S/2C21H16F2O/c2*1-2-11-21(14-5-7-15(22)8-6-14)19-10-9-16(23)13-18(19)17-4-3-12-24-20(17)21/h2*1,5-10,13H,3-4,11-12H2/t2*21-/m10/s1. The fraction of sp³-hybridized carbons (Fsp3) is 0.238. The molecule has 0 unspecified atom stereocenters. The minimum atomic E-state index is -0.665. The van der Waals surface area contributed by atoms with Crippen molar-refractivity contribution in [3.05, 3.63) is 153 Å². The molecule has 2 aliphatic heterocycles. The molecule has 0 amide bonds. The molecule has 0 fully saturated rings. The predicted octanol–water partition coefficient (Wildman–Crippen LogP) is 9.62. The summed E-state index contributed by atoms with van der Waals surface area (Å²) in [4.78, 5) is 0. The average Bonchev–Trinajstić information content (AvgIpc) is 3.53. The summed E-state index contributed by atoms with van der Waals surface area (Å²) >= 11 is 0. The Morgan fingerprint density at radius 3 is 1.29 bits per heavy atom. The molecule has 2 aliphatic carbocycles.